The Kier molecular flexibility index (Phi) is 5.23. The van der Waals surface area contributed by atoms with Gasteiger partial charge in [-0.1, -0.05) is 29.8 Å². The number of esters is 1. The van der Waals surface area contributed by atoms with Gasteiger partial charge in [0.2, 0.25) is 11.8 Å². The minimum Gasteiger partial charge on any atom is -0.465 e. The van der Waals surface area contributed by atoms with Gasteiger partial charge in [0.1, 0.15) is 0 Å². The third-order valence-corrected chi connectivity index (χ3v) is 4.48. The Hall–Kier alpha value is -2.86. The zero-order chi connectivity index (χ0) is 18.7. The van der Waals surface area contributed by atoms with Crippen LogP contribution in [0.3, 0.4) is 0 Å². The third-order valence-electron chi connectivity index (χ3n) is 4.15. The monoisotopic (exact) mass is 372 g/mol. The summed E-state index contributed by atoms with van der Waals surface area (Å²) in [6, 6.07) is 13.4. The summed E-state index contributed by atoms with van der Waals surface area (Å²) in [6.45, 7) is 0. The van der Waals surface area contributed by atoms with Gasteiger partial charge in [-0.05, 0) is 36.8 Å². The molecule has 0 aromatic heterocycles. The van der Waals surface area contributed by atoms with E-state index in [1.807, 2.05) is 0 Å². The molecule has 2 aromatic rings. The SMILES string of the molecule is COC(=O)c1cccc(NC(=O)C2CC2C(=O)Nc2ccccc2Cl)c1. The molecule has 1 aliphatic rings. The average Bonchev–Trinajstić information content (AvgIpc) is 3.44. The number of benzene rings is 2. The number of anilines is 2. The van der Waals surface area contributed by atoms with Crippen molar-refractivity contribution < 1.29 is 19.1 Å². The Labute approximate surface area is 155 Å². The molecule has 2 N–H and O–H groups in total. The molecule has 0 spiro atoms. The molecule has 3 rings (SSSR count). The van der Waals surface area contributed by atoms with Crippen LogP contribution in [0.15, 0.2) is 48.5 Å². The summed E-state index contributed by atoms with van der Waals surface area (Å²) in [4.78, 5) is 36.1. The third kappa shape index (κ3) is 4.03. The lowest BCUT2D eigenvalue weighted by molar-refractivity contribution is -0.122. The second-order valence-corrected chi connectivity index (χ2v) is 6.39. The minimum absolute atomic E-state index is 0.235. The van der Waals surface area contributed by atoms with Crippen molar-refractivity contribution in [1.82, 2.24) is 0 Å². The van der Waals surface area contributed by atoms with E-state index in [1.54, 1.807) is 42.5 Å². The number of hydrogen-bond acceptors (Lipinski definition) is 4. The van der Waals surface area contributed by atoms with Gasteiger partial charge in [0.25, 0.3) is 0 Å². The first kappa shape index (κ1) is 17.9. The number of para-hydroxylation sites is 1. The maximum atomic E-state index is 12.3. The second kappa shape index (κ2) is 7.58. The Bertz CT molecular complexity index is 868. The zero-order valence-electron chi connectivity index (χ0n) is 14.0. The van der Waals surface area contributed by atoms with Crippen molar-refractivity contribution in [2.24, 2.45) is 11.8 Å². The quantitative estimate of drug-likeness (QED) is 0.788. The number of amides is 2. The fourth-order valence-electron chi connectivity index (χ4n) is 2.64. The first-order valence-corrected chi connectivity index (χ1v) is 8.42. The van der Waals surface area contributed by atoms with Crippen molar-refractivity contribution in [3.8, 4) is 0 Å². The Morgan fingerprint density at radius 2 is 1.69 bits per heavy atom. The summed E-state index contributed by atoms with van der Waals surface area (Å²) < 4.78 is 4.66. The molecule has 134 valence electrons. The zero-order valence-corrected chi connectivity index (χ0v) is 14.7. The van der Waals surface area contributed by atoms with E-state index in [9.17, 15) is 14.4 Å². The van der Waals surface area contributed by atoms with Crippen LogP contribution in [0.5, 0.6) is 0 Å². The molecule has 2 unspecified atom stereocenters. The van der Waals surface area contributed by atoms with Crippen LogP contribution in [0, 0.1) is 11.8 Å². The highest BCUT2D eigenvalue weighted by Crippen LogP contribution is 2.40. The summed E-state index contributed by atoms with van der Waals surface area (Å²) in [5.41, 5.74) is 1.35. The largest absolute Gasteiger partial charge is 0.465 e. The molecule has 0 radical (unpaired) electrons. The van der Waals surface area contributed by atoms with E-state index in [4.69, 9.17) is 11.6 Å². The van der Waals surface area contributed by atoms with Gasteiger partial charge in [0.05, 0.1) is 35.2 Å². The van der Waals surface area contributed by atoms with Gasteiger partial charge in [-0.25, -0.2) is 4.79 Å². The number of carbonyl (C=O) groups is 3. The highest BCUT2D eigenvalue weighted by Gasteiger charge is 2.48. The predicted molar refractivity (Wildman–Crippen MR) is 98.1 cm³/mol. The van der Waals surface area contributed by atoms with Crippen LogP contribution in [0.4, 0.5) is 11.4 Å². The average molecular weight is 373 g/mol. The molecule has 1 aliphatic carbocycles. The van der Waals surface area contributed by atoms with E-state index in [-0.39, 0.29) is 11.8 Å². The summed E-state index contributed by atoms with van der Waals surface area (Å²) in [6.07, 6.45) is 0.471. The van der Waals surface area contributed by atoms with E-state index in [0.717, 1.165) is 0 Å². The van der Waals surface area contributed by atoms with E-state index in [0.29, 0.717) is 28.4 Å². The van der Waals surface area contributed by atoms with Crippen LogP contribution in [-0.4, -0.2) is 24.9 Å². The number of rotatable bonds is 5. The van der Waals surface area contributed by atoms with Crippen LogP contribution >= 0.6 is 11.6 Å². The van der Waals surface area contributed by atoms with Crippen molar-refractivity contribution in [3.63, 3.8) is 0 Å². The van der Waals surface area contributed by atoms with Crippen LogP contribution < -0.4 is 10.6 Å². The molecule has 1 fully saturated rings. The van der Waals surface area contributed by atoms with E-state index < -0.39 is 17.8 Å². The molecule has 0 bridgehead atoms. The standard InChI is InChI=1S/C19H17ClN2O4/c1-26-19(25)11-5-4-6-12(9-11)21-17(23)13-10-14(13)18(24)22-16-8-3-2-7-15(16)20/h2-9,13-14H,10H2,1H3,(H,21,23)(H,22,24). The fraction of sp³-hybridized carbons (Fsp3) is 0.211. The van der Waals surface area contributed by atoms with Crippen molar-refractivity contribution in [1.29, 1.82) is 0 Å². The highest BCUT2D eigenvalue weighted by atomic mass is 35.5. The van der Waals surface area contributed by atoms with Crippen molar-refractivity contribution >= 4 is 40.8 Å². The molecule has 0 heterocycles. The van der Waals surface area contributed by atoms with Gasteiger partial charge in [-0.2, -0.15) is 0 Å². The van der Waals surface area contributed by atoms with Crippen molar-refractivity contribution in [2.45, 2.75) is 6.42 Å². The minimum atomic E-state index is -0.482. The smallest absolute Gasteiger partial charge is 0.337 e. The molecule has 0 aliphatic heterocycles. The van der Waals surface area contributed by atoms with Gasteiger partial charge in [0.15, 0.2) is 0 Å². The summed E-state index contributed by atoms with van der Waals surface area (Å²) in [5, 5.41) is 5.92. The van der Waals surface area contributed by atoms with Gasteiger partial charge in [-0.15, -0.1) is 0 Å². The first-order valence-electron chi connectivity index (χ1n) is 8.04. The van der Waals surface area contributed by atoms with Gasteiger partial charge in [-0.3, -0.25) is 9.59 Å². The lowest BCUT2D eigenvalue weighted by atomic mass is 10.2. The maximum Gasteiger partial charge on any atom is 0.337 e. The molecule has 0 saturated heterocycles. The predicted octanol–water partition coefficient (Wildman–Crippen LogP) is 3.34. The second-order valence-electron chi connectivity index (χ2n) is 5.98. The topological polar surface area (TPSA) is 84.5 Å². The van der Waals surface area contributed by atoms with Crippen molar-refractivity contribution in [2.75, 3.05) is 17.7 Å². The van der Waals surface area contributed by atoms with Gasteiger partial charge in [0, 0.05) is 5.69 Å². The van der Waals surface area contributed by atoms with Crippen LogP contribution in [0.2, 0.25) is 5.02 Å². The molecule has 6 nitrogen and oxygen atoms in total. The maximum absolute atomic E-state index is 12.3. The highest BCUT2D eigenvalue weighted by molar-refractivity contribution is 6.33. The number of hydrogen-bond donors (Lipinski definition) is 2. The molecule has 26 heavy (non-hydrogen) atoms. The number of methoxy groups -OCH3 is 1. The van der Waals surface area contributed by atoms with Gasteiger partial charge < -0.3 is 15.4 Å². The first-order chi connectivity index (χ1) is 12.5. The normalized spacial score (nSPS) is 17.9. The van der Waals surface area contributed by atoms with Crippen LogP contribution in [-0.2, 0) is 14.3 Å². The number of halogens is 1. The lowest BCUT2D eigenvalue weighted by Gasteiger charge is -2.08. The molecule has 1 saturated carbocycles. The number of nitrogens with one attached hydrogen (secondary N) is 2. The molecular formula is C19H17ClN2O4. The Balaban J connectivity index is 1.58. The van der Waals surface area contributed by atoms with Gasteiger partial charge >= 0.3 is 5.97 Å². The fourth-order valence-corrected chi connectivity index (χ4v) is 2.82. The van der Waals surface area contributed by atoms with Crippen LogP contribution in [0.1, 0.15) is 16.8 Å². The molecule has 2 amide bonds. The summed E-state index contributed by atoms with van der Waals surface area (Å²) >= 11 is 6.02. The molecule has 2 aromatic carbocycles. The molecular weight excluding hydrogens is 356 g/mol. The summed E-state index contributed by atoms with van der Waals surface area (Å²) in [5.74, 6) is -1.77. The summed E-state index contributed by atoms with van der Waals surface area (Å²) in [7, 11) is 1.29. The van der Waals surface area contributed by atoms with E-state index in [1.165, 1.54) is 13.2 Å². The Morgan fingerprint density at radius 3 is 2.38 bits per heavy atom. The Morgan fingerprint density at radius 1 is 1.00 bits per heavy atom. The molecule has 2 atom stereocenters. The van der Waals surface area contributed by atoms with Crippen LogP contribution in [0.25, 0.3) is 0 Å². The number of carbonyl (C=O) groups excluding carboxylic acids is 3. The van der Waals surface area contributed by atoms with E-state index >= 15 is 0 Å². The lowest BCUT2D eigenvalue weighted by Crippen LogP contribution is -2.20. The number of ether oxygens (including phenoxy) is 1. The van der Waals surface area contributed by atoms with E-state index in [2.05, 4.69) is 15.4 Å². The van der Waals surface area contributed by atoms with Crippen molar-refractivity contribution in [3.05, 3.63) is 59.1 Å². The molecule has 7 heteroatoms.